The van der Waals surface area contributed by atoms with Crippen LogP contribution in [0.25, 0.3) is 0 Å². The van der Waals surface area contributed by atoms with E-state index in [9.17, 15) is 4.79 Å². The molecule has 2 aromatic rings. The van der Waals surface area contributed by atoms with Gasteiger partial charge in [0.05, 0.1) is 12.4 Å². The van der Waals surface area contributed by atoms with E-state index < -0.39 is 0 Å². The van der Waals surface area contributed by atoms with Crippen molar-refractivity contribution in [3.8, 4) is 0 Å². The minimum Gasteiger partial charge on any atom is -0.352 e. The largest absolute Gasteiger partial charge is 0.352 e. The van der Waals surface area contributed by atoms with Crippen molar-refractivity contribution < 1.29 is 4.79 Å². The average Bonchev–Trinajstić information content (AvgIpc) is 3.34. The van der Waals surface area contributed by atoms with Crippen LogP contribution < -0.4 is 5.32 Å². The molecule has 184 valence electrons. The summed E-state index contributed by atoms with van der Waals surface area (Å²) in [5.41, 5.74) is 6.29. The van der Waals surface area contributed by atoms with Crippen molar-refractivity contribution in [2.45, 2.75) is 59.9 Å². The van der Waals surface area contributed by atoms with Crippen molar-refractivity contribution in [1.82, 2.24) is 14.9 Å². The normalized spacial score (nSPS) is 19.1. The Morgan fingerprint density at radius 1 is 1.17 bits per heavy atom. The van der Waals surface area contributed by atoms with Crippen LogP contribution in [0.4, 0.5) is 0 Å². The minimum absolute atomic E-state index is 0.0573. The lowest BCUT2D eigenvalue weighted by Gasteiger charge is -2.37. The molecule has 0 saturated carbocycles. The van der Waals surface area contributed by atoms with Gasteiger partial charge in [-0.1, -0.05) is 80.1 Å². The van der Waals surface area contributed by atoms with Crippen LogP contribution in [-0.4, -0.2) is 22.0 Å². The highest BCUT2D eigenvalue weighted by atomic mass is 16.1. The molecule has 1 aliphatic rings. The van der Waals surface area contributed by atoms with Gasteiger partial charge in [0.1, 0.15) is 0 Å². The van der Waals surface area contributed by atoms with Gasteiger partial charge in [0.15, 0.2) is 0 Å². The van der Waals surface area contributed by atoms with Crippen molar-refractivity contribution in [3.05, 3.63) is 113 Å². The molecule has 3 rings (SSSR count). The van der Waals surface area contributed by atoms with E-state index in [1.165, 1.54) is 22.3 Å². The van der Waals surface area contributed by atoms with Gasteiger partial charge in [-0.15, -0.1) is 0 Å². The van der Waals surface area contributed by atoms with Gasteiger partial charge in [-0.2, -0.15) is 0 Å². The summed E-state index contributed by atoms with van der Waals surface area (Å²) >= 11 is 0. The number of benzene rings is 1. The summed E-state index contributed by atoms with van der Waals surface area (Å²) in [6.07, 6.45) is 21.1. The first kappa shape index (κ1) is 26.2. The molecule has 0 fully saturated rings. The van der Waals surface area contributed by atoms with E-state index >= 15 is 0 Å². The van der Waals surface area contributed by atoms with Gasteiger partial charge in [-0.3, -0.25) is 4.79 Å². The fourth-order valence-corrected chi connectivity index (χ4v) is 4.65. The van der Waals surface area contributed by atoms with Crippen LogP contribution in [-0.2, 0) is 11.2 Å². The summed E-state index contributed by atoms with van der Waals surface area (Å²) in [6, 6.07) is 10.6. The Balaban J connectivity index is 1.57. The SMILES string of the molecule is CC1=C(/C=C/C(C)=C/C=C/C(C)=C\C(=O)NCCc2ccccc2)C(C)(C)CCC1n1ccnc1. The third-order valence-corrected chi connectivity index (χ3v) is 6.73. The lowest BCUT2D eigenvalue weighted by molar-refractivity contribution is -0.116. The fraction of sp³-hybridized carbons (Fsp3) is 0.355. The van der Waals surface area contributed by atoms with Gasteiger partial charge in [-0.25, -0.2) is 4.98 Å². The van der Waals surface area contributed by atoms with E-state index in [2.05, 4.69) is 79.1 Å². The van der Waals surface area contributed by atoms with Crippen molar-refractivity contribution in [3.63, 3.8) is 0 Å². The second kappa shape index (κ2) is 12.3. The van der Waals surface area contributed by atoms with Crippen LogP contribution in [0, 0.1) is 5.41 Å². The van der Waals surface area contributed by atoms with Gasteiger partial charge in [0, 0.05) is 25.0 Å². The summed E-state index contributed by atoms with van der Waals surface area (Å²) in [6.45, 7) is 11.6. The van der Waals surface area contributed by atoms with Crippen LogP contribution >= 0.6 is 0 Å². The molecule has 4 nitrogen and oxygen atoms in total. The molecule has 0 saturated heterocycles. The van der Waals surface area contributed by atoms with E-state index in [-0.39, 0.29) is 11.3 Å². The summed E-state index contributed by atoms with van der Waals surface area (Å²) in [5, 5.41) is 2.96. The molecule has 0 radical (unpaired) electrons. The zero-order chi connectivity index (χ0) is 25.3. The quantitative estimate of drug-likeness (QED) is 0.320. The molecule has 1 atom stereocenters. The monoisotopic (exact) mass is 469 g/mol. The second-order valence-electron chi connectivity index (χ2n) is 10.1. The summed E-state index contributed by atoms with van der Waals surface area (Å²) in [4.78, 5) is 16.4. The third-order valence-electron chi connectivity index (χ3n) is 6.73. The first-order valence-corrected chi connectivity index (χ1v) is 12.5. The molecule has 35 heavy (non-hydrogen) atoms. The Hall–Kier alpha value is -3.40. The highest BCUT2D eigenvalue weighted by molar-refractivity contribution is 5.88. The first-order chi connectivity index (χ1) is 16.8. The maximum Gasteiger partial charge on any atom is 0.244 e. The standard InChI is InChI=1S/C31H39N3O/c1-24(10-9-11-25(2)22-30(35)33-19-17-27-12-7-6-8-13-27)14-15-28-26(3)29(16-18-31(28,4)5)34-21-20-32-23-34/h6-15,20-23,29H,16-19H2,1-5H3,(H,33,35)/b11-9+,15-14+,24-10+,25-22-. The second-order valence-corrected chi connectivity index (χ2v) is 10.1. The van der Waals surface area contributed by atoms with Crippen molar-refractivity contribution in [2.75, 3.05) is 6.54 Å². The first-order valence-electron chi connectivity index (χ1n) is 12.5. The van der Waals surface area contributed by atoms with Crippen LogP contribution in [0.3, 0.4) is 0 Å². The molecule has 1 N–H and O–H groups in total. The summed E-state index contributed by atoms with van der Waals surface area (Å²) in [5.74, 6) is -0.0573. The van der Waals surface area contributed by atoms with E-state index in [1.807, 2.05) is 49.8 Å². The Kier molecular flexibility index (Phi) is 9.25. The number of rotatable bonds is 9. The molecule has 4 heteroatoms. The number of hydrogen-bond donors (Lipinski definition) is 1. The number of aromatic nitrogens is 2. The number of hydrogen-bond acceptors (Lipinski definition) is 2. The van der Waals surface area contributed by atoms with Crippen molar-refractivity contribution >= 4 is 5.91 Å². The zero-order valence-electron chi connectivity index (χ0n) is 21.8. The Labute approximate surface area is 210 Å². The third kappa shape index (κ3) is 7.81. The van der Waals surface area contributed by atoms with Gasteiger partial charge in [-0.05, 0) is 67.7 Å². The maximum atomic E-state index is 12.2. The predicted octanol–water partition coefficient (Wildman–Crippen LogP) is 6.92. The number of imidazole rings is 1. The van der Waals surface area contributed by atoms with Gasteiger partial charge in [0.2, 0.25) is 5.91 Å². The lowest BCUT2D eigenvalue weighted by atomic mass is 9.71. The Morgan fingerprint density at radius 2 is 1.94 bits per heavy atom. The fourth-order valence-electron chi connectivity index (χ4n) is 4.65. The molecular formula is C31H39N3O. The average molecular weight is 470 g/mol. The molecule has 1 heterocycles. The predicted molar refractivity (Wildman–Crippen MR) is 146 cm³/mol. The Morgan fingerprint density at radius 3 is 2.66 bits per heavy atom. The molecule has 0 aliphatic heterocycles. The van der Waals surface area contributed by atoms with Crippen LogP contribution in [0.1, 0.15) is 59.1 Å². The number of allylic oxidation sites excluding steroid dienone is 9. The minimum atomic E-state index is -0.0573. The summed E-state index contributed by atoms with van der Waals surface area (Å²) < 4.78 is 2.22. The smallest absolute Gasteiger partial charge is 0.244 e. The lowest BCUT2D eigenvalue weighted by Crippen LogP contribution is -2.25. The van der Waals surface area contributed by atoms with E-state index in [0.717, 1.165) is 24.8 Å². The number of nitrogens with one attached hydrogen (secondary N) is 1. The van der Waals surface area contributed by atoms with E-state index in [1.54, 1.807) is 6.08 Å². The number of amides is 1. The summed E-state index contributed by atoms with van der Waals surface area (Å²) in [7, 11) is 0. The molecule has 1 aromatic heterocycles. The van der Waals surface area contributed by atoms with Crippen LogP contribution in [0.5, 0.6) is 0 Å². The number of carbonyl (C=O) groups is 1. The van der Waals surface area contributed by atoms with Crippen LogP contribution in [0.15, 0.2) is 108 Å². The molecule has 0 bridgehead atoms. The highest BCUT2D eigenvalue weighted by Gasteiger charge is 2.32. The van der Waals surface area contributed by atoms with Crippen molar-refractivity contribution in [1.29, 1.82) is 0 Å². The van der Waals surface area contributed by atoms with Gasteiger partial charge >= 0.3 is 0 Å². The molecule has 1 amide bonds. The Bertz CT molecular complexity index is 1130. The molecule has 1 unspecified atom stereocenters. The highest BCUT2D eigenvalue weighted by Crippen LogP contribution is 2.45. The number of nitrogens with zero attached hydrogens (tertiary/aromatic N) is 2. The van der Waals surface area contributed by atoms with E-state index in [0.29, 0.717) is 12.6 Å². The molecular weight excluding hydrogens is 430 g/mol. The van der Waals surface area contributed by atoms with Gasteiger partial charge in [0.25, 0.3) is 0 Å². The molecule has 0 spiro atoms. The zero-order valence-corrected chi connectivity index (χ0v) is 21.8. The molecule has 1 aliphatic carbocycles. The van der Waals surface area contributed by atoms with Crippen molar-refractivity contribution in [2.24, 2.45) is 5.41 Å². The van der Waals surface area contributed by atoms with Crippen LogP contribution in [0.2, 0.25) is 0 Å². The van der Waals surface area contributed by atoms with E-state index in [4.69, 9.17) is 0 Å². The number of carbonyl (C=O) groups excluding carboxylic acids is 1. The maximum absolute atomic E-state index is 12.2. The topological polar surface area (TPSA) is 46.9 Å². The molecule has 1 aromatic carbocycles. The van der Waals surface area contributed by atoms with Gasteiger partial charge < -0.3 is 9.88 Å².